The molecule has 6 heteroatoms. The van der Waals surface area contributed by atoms with Crippen LogP contribution in [-0.4, -0.2) is 24.5 Å². The minimum absolute atomic E-state index is 0.0973. The molecule has 172 valence electrons. The molecule has 2 nitrogen and oxygen atoms in total. The van der Waals surface area contributed by atoms with Gasteiger partial charge in [0.05, 0.1) is 10.0 Å². The predicted molar refractivity (Wildman–Crippen MR) is 130 cm³/mol. The second kappa shape index (κ2) is 11.1. The van der Waals surface area contributed by atoms with Gasteiger partial charge in [0.25, 0.3) is 0 Å². The molecule has 3 aromatic carbocycles. The van der Waals surface area contributed by atoms with E-state index in [1.165, 1.54) is 24.3 Å². The van der Waals surface area contributed by atoms with E-state index in [2.05, 4.69) is 11.0 Å². The molecule has 0 spiro atoms. The van der Waals surface area contributed by atoms with Crippen LogP contribution >= 0.6 is 23.2 Å². The van der Waals surface area contributed by atoms with Gasteiger partial charge in [0, 0.05) is 31.5 Å². The first-order valence-corrected chi connectivity index (χ1v) is 11.8. The van der Waals surface area contributed by atoms with Crippen LogP contribution in [0.25, 0.3) is 0 Å². The van der Waals surface area contributed by atoms with Crippen molar-refractivity contribution in [2.45, 2.75) is 25.2 Å². The van der Waals surface area contributed by atoms with Crippen LogP contribution in [0.15, 0.2) is 78.6 Å². The number of benzene rings is 3. The molecule has 0 radical (unpaired) electrons. The summed E-state index contributed by atoms with van der Waals surface area (Å²) in [7, 11) is 0. The van der Waals surface area contributed by atoms with Gasteiger partial charge in [0.15, 0.2) is 0 Å². The minimum atomic E-state index is -0.254. The molecule has 4 rings (SSSR count). The maximum absolute atomic E-state index is 13.4. The lowest BCUT2D eigenvalue weighted by Gasteiger charge is -2.27. The Balaban J connectivity index is 1.33. The summed E-state index contributed by atoms with van der Waals surface area (Å²) in [6.45, 7) is 2.66. The Kier molecular flexibility index (Phi) is 8.02. The van der Waals surface area contributed by atoms with E-state index < -0.39 is 0 Å². The summed E-state index contributed by atoms with van der Waals surface area (Å²) < 4.78 is 32.8. The average Bonchev–Trinajstić information content (AvgIpc) is 2.82. The van der Waals surface area contributed by atoms with E-state index in [0.29, 0.717) is 15.8 Å². The Labute approximate surface area is 203 Å². The van der Waals surface area contributed by atoms with E-state index in [-0.39, 0.29) is 17.6 Å². The van der Waals surface area contributed by atoms with E-state index in [4.69, 9.17) is 27.9 Å². The Morgan fingerprint density at radius 3 is 2.03 bits per heavy atom. The van der Waals surface area contributed by atoms with Gasteiger partial charge in [-0.2, -0.15) is 0 Å². The highest BCUT2D eigenvalue weighted by molar-refractivity contribution is 6.42. The summed E-state index contributed by atoms with van der Waals surface area (Å²) in [5.74, 6) is 1.21. The summed E-state index contributed by atoms with van der Waals surface area (Å²) in [6, 6.07) is 18.5. The van der Waals surface area contributed by atoms with Crippen LogP contribution in [0.3, 0.4) is 0 Å². The molecule has 0 unspecified atom stereocenters. The normalized spacial score (nSPS) is 14.4. The molecule has 1 aliphatic rings. The lowest BCUT2D eigenvalue weighted by molar-refractivity contribution is 0.256. The van der Waals surface area contributed by atoms with Crippen LogP contribution < -0.4 is 4.74 Å². The third kappa shape index (κ3) is 6.57. The van der Waals surface area contributed by atoms with Crippen molar-refractivity contribution in [3.63, 3.8) is 0 Å². The molecular formula is C27H25Cl2F2NO. The van der Waals surface area contributed by atoms with Crippen molar-refractivity contribution in [2.75, 3.05) is 19.6 Å². The molecule has 0 aromatic heterocycles. The van der Waals surface area contributed by atoms with Crippen LogP contribution in [0.2, 0.25) is 10.0 Å². The smallest absolute Gasteiger partial charge is 0.128 e. The van der Waals surface area contributed by atoms with Crippen LogP contribution in [0.1, 0.15) is 36.3 Å². The standard InChI is InChI=1S/C27H25Cl2F2NO/c28-26-12-11-24(18-27(26)29)33-23-13-16-32(17-14-23)15-1-2-25(19-3-7-21(30)8-4-19)20-5-9-22(31)10-6-20/h3-13,18,25H,1-2,14-17H2. The number of nitrogens with zero attached hydrogens (tertiary/aromatic N) is 1. The maximum atomic E-state index is 13.4. The number of hydrogen-bond donors (Lipinski definition) is 0. The van der Waals surface area contributed by atoms with Gasteiger partial charge >= 0.3 is 0 Å². The van der Waals surface area contributed by atoms with E-state index in [0.717, 1.165) is 55.8 Å². The van der Waals surface area contributed by atoms with E-state index in [1.807, 2.05) is 30.3 Å². The minimum Gasteiger partial charge on any atom is -0.462 e. The molecule has 0 aliphatic carbocycles. The molecule has 0 N–H and O–H groups in total. The van der Waals surface area contributed by atoms with Crippen molar-refractivity contribution in [3.05, 3.63) is 111 Å². The zero-order valence-electron chi connectivity index (χ0n) is 18.1. The van der Waals surface area contributed by atoms with Crippen molar-refractivity contribution in [2.24, 2.45) is 0 Å². The van der Waals surface area contributed by atoms with Gasteiger partial charge in [-0.25, -0.2) is 8.78 Å². The zero-order valence-corrected chi connectivity index (χ0v) is 19.6. The average molecular weight is 488 g/mol. The monoisotopic (exact) mass is 487 g/mol. The second-order valence-electron chi connectivity index (χ2n) is 8.20. The van der Waals surface area contributed by atoms with Crippen molar-refractivity contribution in [3.8, 4) is 5.75 Å². The lowest BCUT2D eigenvalue weighted by atomic mass is 9.87. The molecule has 1 heterocycles. The second-order valence-corrected chi connectivity index (χ2v) is 9.01. The van der Waals surface area contributed by atoms with E-state index in [1.54, 1.807) is 12.1 Å². The summed E-state index contributed by atoms with van der Waals surface area (Å²) in [4.78, 5) is 2.38. The maximum Gasteiger partial charge on any atom is 0.128 e. The molecule has 0 saturated heterocycles. The number of ether oxygens (including phenoxy) is 1. The summed E-state index contributed by atoms with van der Waals surface area (Å²) in [5, 5.41) is 0.983. The molecule has 33 heavy (non-hydrogen) atoms. The van der Waals surface area contributed by atoms with Gasteiger partial charge in [-0.3, -0.25) is 4.90 Å². The van der Waals surface area contributed by atoms with Crippen molar-refractivity contribution >= 4 is 23.2 Å². The fraction of sp³-hybridized carbons (Fsp3) is 0.259. The Hall–Kier alpha value is -2.40. The summed E-state index contributed by atoms with van der Waals surface area (Å²) in [6.07, 6.45) is 4.78. The van der Waals surface area contributed by atoms with Gasteiger partial charge < -0.3 is 4.74 Å². The Morgan fingerprint density at radius 1 is 0.848 bits per heavy atom. The van der Waals surface area contributed by atoms with Crippen LogP contribution in [-0.2, 0) is 0 Å². The van der Waals surface area contributed by atoms with Crippen molar-refractivity contribution < 1.29 is 13.5 Å². The highest BCUT2D eigenvalue weighted by atomic mass is 35.5. The number of hydrogen-bond acceptors (Lipinski definition) is 2. The van der Waals surface area contributed by atoms with Gasteiger partial charge in [0.2, 0.25) is 0 Å². The SMILES string of the molecule is Fc1ccc(C(CCCN2CC=C(Oc3ccc(Cl)c(Cl)c3)CC2)c2ccc(F)cc2)cc1. The largest absolute Gasteiger partial charge is 0.462 e. The third-order valence-corrected chi connectivity index (χ3v) is 6.64. The van der Waals surface area contributed by atoms with Gasteiger partial charge in [-0.05, 0) is 73.0 Å². The molecule has 0 saturated carbocycles. The Morgan fingerprint density at radius 2 is 1.48 bits per heavy atom. The highest BCUT2D eigenvalue weighted by Crippen LogP contribution is 2.31. The van der Waals surface area contributed by atoms with Gasteiger partial charge in [0.1, 0.15) is 23.1 Å². The predicted octanol–water partition coefficient (Wildman–Crippen LogP) is 7.85. The van der Waals surface area contributed by atoms with Crippen molar-refractivity contribution in [1.29, 1.82) is 0 Å². The van der Waals surface area contributed by atoms with Crippen LogP contribution in [0.5, 0.6) is 5.75 Å². The third-order valence-electron chi connectivity index (χ3n) is 5.90. The summed E-state index contributed by atoms with van der Waals surface area (Å²) in [5.41, 5.74) is 2.08. The van der Waals surface area contributed by atoms with Crippen LogP contribution in [0, 0.1) is 11.6 Å². The quantitative estimate of drug-likeness (QED) is 0.320. The molecule has 3 aromatic rings. The fourth-order valence-corrected chi connectivity index (χ4v) is 4.40. The molecule has 0 amide bonds. The van der Waals surface area contributed by atoms with Crippen molar-refractivity contribution in [1.82, 2.24) is 4.90 Å². The highest BCUT2D eigenvalue weighted by Gasteiger charge is 2.17. The topological polar surface area (TPSA) is 12.5 Å². The van der Waals surface area contributed by atoms with E-state index >= 15 is 0 Å². The molecule has 0 atom stereocenters. The fourth-order valence-electron chi connectivity index (χ4n) is 4.12. The van der Waals surface area contributed by atoms with Gasteiger partial charge in [-0.1, -0.05) is 47.5 Å². The molecule has 0 bridgehead atoms. The van der Waals surface area contributed by atoms with E-state index in [9.17, 15) is 8.78 Å². The zero-order chi connectivity index (χ0) is 23.2. The first-order valence-electron chi connectivity index (χ1n) is 11.0. The first kappa shape index (κ1) is 23.7. The molecular weight excluding hydrogens is 463 g/mol. The molecule has 0 fully saturated rings. The van der Waals surface area contributed by atoms with Gasteiger partial charge in [-0.15, -0.1) is 0 Å². The number of rotatable bonds is 8. The number of halogens is 4. The Bertz CT molecular complexity index is 1050. The van der Waals surface area contributed by atoms with Crippen LogP contribution in [0.4, 0.5) is 8.78 Å². The lowest BCUT2D eigenvalue weighted by Crippen LogP contribution is -2.30. The molecule has 1 aliphatic heterocycles. The summed E-state index contributed by atoms with van der Waals surface area (Å²) >= 11 is 12.0. The first-order chi connectivity index (χ1) is 16.0.